The zero-order chi connectivity index (χ0) is 16.9. The molecule has 0 radical (unpaired) electrons. The molecule has 11 heteroatoms. The normalized spacial score (nSPS) is 23.3. The summed E-state index contributed by atoms with van der Waals surface area (Å²) in [6.45, 7) is 3.58. The van der Waals surface area contributed by atoms with Gasteiger partial charge in [0.1, 0.15) is 15.6 Å². The summed E-state index contributed by atoms with van der Waals surface area (Å²) in [6, 6.07) is 0. The molecule has 0 aromatic heterocycles. The SMILES string of the molecule is CCSC(=S)SC1NC(=O)C1C(C)OC(=O)OC(Cl)C(Cl)Cl. The van der Waals surface area contributed by atoms with Crippen molar-refractivity contribution in [2.45, 2.75) is 35.7 Å². The van der Waals surface area contributed by atoms with Crippen molar-refractivity contribution < 1.29 is 19.1 Å². The molecular weight excluding hydrogens is 413 g/mol. The lowest BCUT2D eigenvalue weighted by Crippen LogP contribution is -2.61. The lowest BCUT2D eigenvalue weighted by molar-refractivity contribution is -0.137. The number of carbonyl (C=O) groups excluding carboxylic acids is 2. The van der Waals surface area contributed by atoms with Crippen molar-refractivity contribution in [3.63, 3.8) is 0 Å². The number of amides is 1. The number of ether oxygens (including phenoxy) is 2. The summed E-state index contributed by atoms with van der Waals surface area (Å²) in [5.74, 6) is 0.131. The number of alkyl halides is 3. The van der Waals surface area contributed by atoms with E-state index in [0.29, 0.717) is 0 Å². The summed E-state index contributed by atoms with van der Waals surface area (Å²) in [7, 11) is 0. The summed E-state index contributed by atoms with van der Waals surface area (Å²) < 4.78 is 10.4. The Kier molecular flexibility index (Phi) is 8.96. The molecule has 126 valence electrons. The van der Waals surface area contributed by atoms with Gasteiger partial charge in [0.2, 0.25) is 11.5 Å². The monoisotopic (exact) mass is 425 g/mol. The van der Waals surface area contributed by atoms with Gasteiger partial charge in [0.15, 0.2) is 4.84 Å². The van der Waals surface area contributed by atoms with E-state index in [2.05, 4.69) is 10.1 Å². The van der Waals surface area contributed by atoms with Crippen LogP contribution < -0.4 is 5.32 Å². The molecule has 1 saturated heterocycles. The van der Waals surface area contributed by atoms with Crippen LogP contribution in [0.2, 0.25) is 0 Å². The molecule has 1 rings (SSSR count). The van der Waals surface area contributed by atoms with E-state index in [-0.39, 0.29) is 11.3 Å². The molecule has 1 aliphatic heterocycles. The Labute approximate surface area is 157 Å². The quantitative estimate of drug-likeness (QED) is 0.300. The van der Waals surface area contributed by atoms with Gasteiger partial charge in [-0.25, -0.2) is 4.79 Å². The molecule has 1 amide bonds. The molecule has 1 N–H and O–H groups in total. The Morgan fingerprint density at radius 2 is 2.05 bits per heavy atom. The molecular formula is C11H14Cl3NO4S3. The molecule has 4 unspecified atom stereocenters. The number of thioether (sulfide) groups is 2. The maximum absolute atomic E-state index is 11.7. The molecule has 1 fully saturated rings. The van der Waals surface area contributed by atoms with Crippen molar-refractivity contribution in [2.75, 3.05) is 5.75 Å². The topological polar surface area (TPSA) is 64.6 Å². The van der Waals surface area contributed by atoms with Gasteiger partial charge in [-0.05, 0) is 12.7 Å². The first-order chi connectivity index (χ1) is 10.3. The fourth-order valence-corrected chi connectivity index (χ4v) is 4.47. The highest BCUT2D eigenvalue weighted by Crippen LogP contribution is 2.33. The van der Waals surface area contributed by atoms with E-state index in [1.54, 1.807) is 6.92 Å². The zero-order valence-electron chi connectivity index (χ0n) is 11.6. The standard InChI is InChI=1S/C11H14Cl3NO4S3/c1-3-21-11(20)22-9-5(8(16)15-9)4(2)18-10(17)19-7(14)6(12)13/h4-7,9H,3H2,1-2H3,(H,15,16). The minimum atomic E-state index is -1.23. The Hall–Kier alpha value is 0.400. The minimum absolute atomic E-state index is 0.211. The third-order valence-electron chi connectivity index (χ3n) is 2.59. The Bertz CT molecular complexity index is 441. The lowest BCUT2D eigenvalue weighted by Gasteiger charge is -2.38. The van der Waals surface area contributed by atoms with Crippen LogP contribution in [0.3, 0.4) is 0 Å². The first-order valence-corrected chi connectivity index (χ1v) is 9.77. The second-order valence-corrected chi connectivity index (χ2v) is 9.34. The third-order valence-corrected chi connectivity index (χ3v) is 6.32. The van der Waals surface area contributed by atoms with Gasteiger partial charge in [0.25, 0.3) is 0 Å². The molecule has 0 bridgehead atoms. The molecule has 22 heavy (non-hydrogen) atoms. The van der Waals surface area contributed by atoms with Crippen LogP contribution in [0.15, 0.2) is 0 Å². The average Bonchev–Trinajstić information content (AvgIpc) is 2.37. The minimum Gasteiger partial charge on any atom is -0.430 e. The average molecular weight is 427 g/mol. The summed E-state index contributed by atoms with van der Waals surface area (Å²) in [5, 5.41) is 2.48. The van der Waals surface area contributed by atoms with Crippen molar-refractivity contribution in [1.29, 1.82) is 0 Å². The molecule has 5 nitrogen and oxygen atoms in total. The number of thiocarbonyl (C=S) groups is 1. The predicted octanol–water partition coefficient (Wildman–Crippen LogP) is 3.74. The van der Waals surface area contributed by atoms with Crippen LogP contribution in [0.5, 0.6) is 0 Å². The van der Waals surface area contributed by atoms with Gasteiger partial charge in [-0.15, -0.1) is 11.8 Å². The van der Waals surface area contributed by atoms with Gasteiger partial charge in [0, 0.05) is 0 Å². The van der Waals surface area contributed by atoms with E-state index in [1.165, 1.54) is 23.5 Å². The van der Waals surface area contributed by atoms with Crippen LogP contribution in [0.4, 0.5) is 4.79 Å². The summed E-state index contributed by atoms with van der Waals surface area (Å²) in [4.78, 5) is 22.1. The van der Waals surface area contributed by atoms with Crippen LogP contribution in [0.25, 0.3) is 0 Å². The predicted molar refractivity (Wildman–Crippen MR) is 95.9 cm³/mol. The number of rotatable bonds is 6. The number of halogens is 3. The van der Waals surface area contributed by atoms with E-state index in [0.717, 1.165) is 9.28 Å². The number of hydrogen-bond acceptors (Lipinski definition) is 7. The summed E-state index contributed by atoms with van der Waals surface area (Å²) in [6.07, 6.45) is -1.73. The van der Waals surface area contributed by atoms with E-state index in [4.69, 9.17) is 51.8 Å². The maximum atomic E-state index is 11.7. The smallest absolute Gasteiger partial charge is 0.430 e. The second-order valence-electron chi connectivity index (χ2n) is 4.13. The second kappa shape index (κ2) is 9.64. The fraction of sp³-hybridized carbons (Fsp3) is 0.727. The van der Waals surface area contributed by atoms with Crippen molar-refractivity contribution in [2.24, 2.45) is 5.92 Å². The largest absolute Gasteiger partial charge is 0.510 e. The van der Waals surface area contributed by atoms with Crippen molar-refractivity contribution in [3.05, 3.63) is 0 Å². The number of nitrogens with one attached hydrogen (secondary N) is 1. The van der Waals surface area contributed by atoms with Crippen LogP contribution in [-0.4, -0.2) is 43.2 Å². The Morgan fingerprint density at radius 1 is 1.41 bits per heavy atom. The van der Waals surface area contributed by atoms with Gasteiger partial charge >= 0.3 is 6.16 Å². The summed E-state index contributed by atoms with van der Waals surface area (Å²) >= 11 is 24.6. The molecule has 1 aliphatic rings. The molecule has 1 heterocycles. The van der Waals surface area contributed by atoms with Crippen molar-refractivity contribution in [1.82, 2.24) is 5.32 Å². The summed E-state index contributed by atoms with van der Waals surface area (Å²) in [5.41, 5.74) is -1.23. The van der Waals surface area contributed by atoms with Gasteiger partial charge in [-0.1, -0.05) is 65.7 Å². The van der Waals surface area contributed by atoms with Crippen LogP contribution in [-0.2, 0) is 14.3 Å². The van der Waals surface area contributed by atoms with Gasteiger partial charge < -0.3 is 14.8 Å². The molecule has 0 aromatic carbocycles. The molecule has 0 spiro atoms. The molecule has 0 aromatic rings. The molecule has 0 aliphatic carbocycles. The highest BCUT2D eigenvalue weighted by atomic mass is 35.5. The van der Waals surface area contributed by atoms with E-state index < -0.39 is 28.6 Å². The Balaban J connectivity index is 2.49. The van der Waals surface area contributed by atoms with Gasteiger partial charge in [0.05, 0.1) is 5.37 Å². The Morgan fingerprint density at radius 3 is 2.55 bits per heavy atom. The van der Waals surface area contributed by atoms with Crippen LogP contribution >= 0.6 is 70.5 Å². The van der Waals surface area contributed by atoms with E-state index in [1.807, 2.05) is 6.92 Å². The van der Waals surface area contributed by atoms with E-state index >= 15 is 0 Å². The van der Waals surface area contributed by atoms with Crippen molar-refractivity contribution >= 4 is 86.1 Å². The highest BCUT2D eigenvalue weighted by molar-refractivity contribution is 8.47. The third kappa shape index (κ3) is 6.13. The first kappa shape index (κ1) is 20.4. The number of β-lactam (4-membered cyclic amide) rings is 1. The molecule has 4 atom stereocenters. The lowest BCUT2D eigenvalue weighted by atomic mass is 9.96. The van der Waals surface area contributed by atoms with Crippen LogP contribution in [0.1, 0.15) is 13.8 Å². The number of hydrogen-bond donors (Lipinski definition) is 1. The van der Waals surface area contributed by atoms with Crippen molar-refractivity contribution in [3.8, 4) is 0 Å². The maximum Gasteiger partial charge on any atom is 0.510 e. The molecule has 0 saturated carbocycles. The van der Waals surface area contributed by atoms with E-state index in [9.17, 15) is 9.59 Å². The number of carbonyl (C=O) groups is 2. The van der Waals surface area contributed by atoms with Gasteiger partial charge in [-0.2, -0.15) is 0 Å². The zero-order valence-corrected chi connectivity index (χ0v) is 16.3. The fourth-order valence-electron chi connectivity index (χ4n) is 1.58. The highest BCUT2D eigenvalue weighted by Gasteiger charge is 2.46. The first-order valence-electron chi connectivity index (χ1n) is 6.19. The van der Waals surface area contributed by atoms with Crippen LogP contribution in [0, 0.1) is 5.92 Å². The van der Waals surface area contributed by atoms with Gasteiger partial charge in [-0.3, -0.25) is 4.79 Å².